The molecule has 2 heterocycles. The molecule has 0 unspecified atom stereocenters. The molecule has 6 nitrogen and oxygen atoms in total. The van der Waals surface area contributed by atoms with Crippen LogP contribution in [0, 0.1) is 33.6 Å². The fourth-order valence-electron chi connectivity index (χ4n) is 2.78. The van der Waals surface area contributed by atoms with Gasteiger partial charge in [-0.3, -0.25) is 9.48 Å². The van der Waals surface area contributed by atoms with E-state index in [1.54, 1.807) is 10.9 Å². The van der Waals surface area contributed by atoms with Gasteiger partial charge in [0, 0.05) is 29.2 Å². The summed E-state index contributed by atoms with van der Waals surface area (Å²) in [4.78, 5) is 12.0. The van der Waals surface area contributed by atoms with Crippen molar-refractivity contribution in [2.24, 2.45) is 11.0 Å². The molecule has 0 spiro atoms. The summed E-state index contributed by atoms with van der Waals surface area (Å²) in [6.07, 6.45) is 1.71. The summed E-state index contributed by atoms with van der Waals surface area (Å²) in [5, 5.41) is 8.36. The highest BCUT2D eigenvalue weighted by molar-refractivity contribution is 5.83. The van der Waals surface area contributed by atoms with E-state index < -0.39 is 0 Å². The standard InChI is InChI=1S/C18H27N5O/c1-12(2)10-22-14(4)8-17(16(22)6)9-19-20-18(24)11-23-15(5)7-13(3)21-23/h7-9,12H,10-11H2,1-6H3,(H,20,24)/b19-9-. The van der Waals surface area contributed by atoms with E-state index in [-0.39, 0.29) is 12.5 Å². The maximum absolute atomic E-state index is 12.0. The Labute approximate surface area is 143 Å². The van der Waals surface area contributed by atoms with Crippen LogP contribution in [0.5, 0.6) is 0 Å². The second-order valence-electron chi connectivity index (χ2n) is 6.71. The van der Waals surface area contributed by atoms with Crippen LogP contribution in [0.4, 0.5) is 0 Å². The summed E-state index contributed by atoms with van der Waals surface area (Å²) in [6, 6.07) is 4.04. The first kappa shape index (κ1) is 18.0. The highest BCUT2D eigenvalue weighted by Gasteiger charge is 2.09. The zero-order valence-corrected chi connectivity index (χ0v) is 15.4. The Balaban J connectivity index is 1.99. The molecule has 0 saturated carbocycles. The fraction of sp³-hybridized carbons (Fsp3) is 0.500. The van der Waals surface area contributed by atoms with Crippen molar-refractivity contribution in [3.05, 3.63) is 40.5 Å². The maximum atomic E-state index is 12.0. The Morgan fingerprint density at radius 2 is 1.96 bits per heavy atom. The molecule has 0 radical (unpaired) electrons. The number of aryl methyl sites for hydroxylation is 3. The van der Waals surface area contributed by atoms with Gasteiger partial charge >= 0.3 is 0 Å². The highest BCUT2D eigenvalue weighted by Crippen LogP contribution is 2.15. The van der Waals surface area contributed by atoms with E-state index in [4.69, 9.17) is 0 Å². The van der Waals surface area contributed by atoms with Crippen LogP contribution in [-0.4, -0.2) is 26.5 Å². The van der Waals surface area contributed by atoms with E-state index >= 15 is 0 Å². The minimum Gasteiger partial charge on any atom is -0.348 e. The molecule has 1 N–H and O–H groups in total. The van der Waals surface area contributed by atoms with E-state index in [1.165, 1.54) is 5.69 Å². The largest absolute Gasteiger partial charge is 0.348 e. The number of carbonyl (C=O) groups is 1. The number of hydrogen-bond donors (Lipinski definition) is 1. The van der Waals surface area contributed by atoms with Gasteiger partial charge < -0.3 is 4.57 Å². The van der Waals surface area contributed by atoms with Crippen molar-refractivity contribution in [3.63, 3.8) is 0 Å². The van der Waals surface area contributed by atoms with E-state index in [2.05, 4.69) is 54.0 Å². The lowest BCUT2D eigenvalue weighted by molar-refractivity contribution is -0.121. The molecule has 0 saturated heterocycles. The fourth-order valence-corrected chi connectivity index (χ4v) is 2.78. The number of amides is 1. The quantitative estimate of drug-likeness (QED) is 0.654. The number of aromatic nitrogens is 3. The molecule has 6 heteroatoms. The minimum absolute atomic E-state index is 0.170. The van der Waals surface area contributed by atoms with Gasteiger partial charge in [0.15, 0.2) is 0 Å². The lowest BCUT2D eigenvalue weighted by atomic mass is 10.2. The zero-order chi connectivity index (χ0) is 17.9. The van der Waals surface area contributed by atoms with E-state index in [1.807, 2.05) is 19.9 Å². The molecular formula is C18H27N5O. The van der Waals surface area contributed by atoms with Gasteiger partial charge in [-0.15, -0.1) is 0 Å². The third-order valence-electron chi connectivity index (χ3n) is 3.95. The van der Waals surface area contributed by atoms with Gasteiger partial charge in [0.2, 0.25) is 0 Å². The normalized spacial score (nSPS) is 11.6. The Hall–Kier alpha value is -2.37. The van der Waals surface area contributed by atoms with Crippen molar-refractivity contribution in [2.75, 3.05) is 0 Å². The molecular weight excluding hydrogens is 302 g/mol. The van der Waals surface area contributed by atoms with Crippen molar-refractivity contribution in [3.8, 4) is 0 Å². The molecule has 2 aromatic heterocycles. The van der Waals surface area contributed by atoms with Crippen LogP contribution in [0.1, 0.15) is 42.2 Å². The number of carbonyl (C=O) groups excluding carboxylic acids is 1. The van der Waals surface area contributed by atoms with Crippen molar-refractivity contribution < 1.29 is 4.79 Å². The number of rotatable bonds is 6. The van der Waals surface area contributed by atoms with Gasteiger partial charge in [0.1, 0.15) is 6.54 Å². The summed E-state index contributed by atoms with van der Waals surface area (Å²) < 4.78 is 3.96. The maximum Gasteiger partial charge on any atom is 0.261 e. The topological polar surface area (TPSA) is 64.2 Å². The summed E-state index contributed by atoms with van der Waals surface area (Å²) in [7, 11) is 0. The van der Waals surface area contributed by atoms with Crippen LogP contribution in [0.3, 0.4) is 0 Å². The first-order chi connectivity index (χ1) is 11.3. The monoisotopic (exact) mass is 329 g/mol. The SMILES string of the molecule is Cc1cc(C)n(CC(=O)N/N=C\c2cc(C)n(CC(C)C)c2C)n1. The van der Waals surface area contributed by atoms with Crippen molar-refractivity contribution >= 4 is 12.1 Å². The average Bonchev–Trinajstić information content (AvgIpc) is 2.92. The predicted molar refractivity (Wildman–Crippen MR) is 96.2 cm³/mol. The van der Waals surface area contributed by atoms with Crippen molar-refractivity contribution in [1.29, 1.82) is 0 Å². The molecule has 1 amide bonds. The van der Waals surface area contributed by atoms with Gasteiger partial charge in [0.25, 0.3) is 5.91 Å². The molecule has 0 aromatic carbocycles. The summed E-state index contributed by atoms with van der Waals surface area (Å²) in [5.74, 6) is 0.397. The average molecular weight is 329 g/mol. The Kier molecular flexibility index (Phi) is 5.59. The van der Waals surface area contributed by atoms with E-state index in [0.29, 0.717) is 5.92 Å². The molecule has 0 atom stereocenters. The molecule has 2 aromatic rings. The van der Waals surface area contributed by atoms with Gasteiger partial charge in [0.05, 0.1) is 11.9 Å². The lowest BCUT2D eigenvalue weighted by Crippen LogP contribution is -2.24. The number of nitrogens with one attached hydrogen (secondary N) is 1. The molecule has 24 heavy (non-hydrogen) atoms. The third kappa shape index (κ3) is 4.34. The number of hydrazone groups is 1. The molecule has 2 rings (SSSR count). The number of nitrogens with zero attached hydrogens (tertiary/aromatic N) is 4. The van der Waals surface area contributed by atoms with Crippen molar-refractivity contribution in [2.45, 2.75) is 54.6 Å². The first-order valence-corrected chi connectivity index (χ1v) is 8.27. The lowest BCUT2D eigenvalue weighted by Gasteiger charge is -2.11. The van der Waals surface area contributed by atoms with Crippen molar-refractivity contribution in [1.82, 2.24) is 19.8 Å². The first-order valence-electron chi connectivity index (χ1n) is 8.27. The van der Waals surface area contributed by atoms with Crippen LogP contribution in [-0.2, 0) is 17.9 Å². The smallest absolute Gasteiger partial charge is 0.261 e. The Morgan fingerprint density at radius 1 is 1.25 bits per heavy atom. The molecule has 0 fully saturated rings. The zero-order valence-electron chi connectivity index (χ0n) is 15.4. The minimum atomic E-state index is -0.187. The van der Waals surface area contributed by atoms with E-state index in [0.717, 1.165) is 29.2 Å². The van der Waals surface area contributed by atoms with Crippen LogP contribution < -0.4 is 5.43 Å². The molecule has 0 aliphatic rings. The van der Waals surface area contributed by atoms with Gasteiger partial charge in [-0.05, 0) is 45.7 Å². The highest BCUT2D eigenvalue weighted by atomic mass is 16.2. The molecule has 130 valence electrons. The van der Waals surface area contributed by atoms with Crippen LogP contribution in [0.25, 0.3) is 0 Å². The Bertz CT molecular complexity index is 752. The summed E-state index contributed by atoms with van der Waals surface area (Å²) in [6.45, 7) is 13.6. The molecule has 0 bridgehead atoms. The second kappa shape index (κ2) is 7.47. The Morgan fingerprint density at radius 3 is 2.54 bits per heavy atom. The van der Waals surface area contributed by atoms with Gasteiger partial charge in [-0.1, -0.05) is 13.8 Å². The van der Waals surface area contributed by atoms with Crippen LogP contribution >= 0.6 is 0 Å². The summed E-state index contributed by atoms with van der Waals surface area (Å²) in [5.41, 5.74) is 7.84. The van der Waals surface area contributed by atoms with Gasteiger partial charge in [-0.2, -0.15) is 10.2 Å². The molecule has 0 aliphatic heterocycles. The van der Waals surface area contributed by atoms with E-state index in [9.17, 15) is 4.79 Å². The molecule has 0 aliphatic carbocycles. The second-order valence-corrected chi connectivity index (χ2v) is 6.71. The van der Waals surface area contributed by atoms with Gasteiger partial charge in [-0.25, -0.2) is 5.43 Å². The number of hydrogen-bond acceptors (Lipinski definition) is 3. The predicted octanol–water partition coefficient (Wildman–Crippen LogP) is 2.72. The summed E-state index contributed by atoms with van der Waals surface area (Å²) >= 11 is 0. The third-order valence-corrected chi connectivity index (χ3v) is 3.95. The van der Waals surface area contributed by atoms with Crippen LogP contribution in [0.2, 0.25) is 0 Å². The van der Waals surface area contributed by atoms with Crippen LogP contribution in [0.15, 0.2) is 17.2 Å².